The Morgan fingerprint density at radius 1 is 1.55 bits per heavy atom. The summed E-state index contributed by atoms with van der Waals surface area (Å²) in [6, 6.07) is 5.50. The average molecular weight is 279 g/mol. The first-order chi connectivity index (χ1) is 9.48. The van der Waals surface area contributed by atoms with Gasteiger partial charge in [0.25, 0.3) is 0 Å². The van der Waals surface area contributed by atoms with E-state index in [1.54, 1.807) is 6.07 Å². The Morgan fingerprint density at radius 3 is 3.00 bits per heavy atom. The van der Waals surface area contributed by atoms with Gasteiger partial charge in [0, 0.05) is 19.1 Å². The number of rotatable bonds is 4. The summed E-state index contributed by atoms with van der Waals surface area (Å²) in [6.07, 6.45) is 1.70. The molecule has 1 heterocycles. The number of fused-ring (bicyclic) bond motifs is 1. The lowest BCUT2D eigenvalue weighted by Gasteiger charge is -2.50. The minimum absolute atomic E-state index is 0.115. The van der Waals surface area contributed by atoms with Crippen LogP contribution in [0.25, 0.3) is 0 Å². The highest BCUT2D eigenvalue weighted by Gasteiger charge is 2.45. The number of nitrogens with zero attached hydrogens (tertiary/aromatic N) is 1. The summed E-state index contributed by atoms with van der Waals surface area (Å²) in [5, 5.41) is 8.65. The minimum atomic E-state index is -0.946. The normalized spacial score (nSPS) is 24.2. The van der Waals surface area contributed by atoms with Crippen LogP contribution in [-0.2, 0) is 16.0 Å². The number of carbonyl (C=O) groups is 1. The molecule has 5 heteroatoms. The van der Waals surface area contributed by atoms with E-state index in [2.05, 4.69) is 4.90 Å². The van der Waals surface area contributed by atoms with E-state index in [1.165, 1.54) is 6.07 Å². The fraction of sp³-hybridized carbons (Fsp3) is 0.533. The van der Waals surface area contributed by atoms with Gasteiger partial charge in [0.2, 0.25) is 0 Å². The number of carboxylic acids is 1. The molecule has 1 aromatic rings. The molecule has 2 aliphatic rings. The van der Waals surface area contributed by atoms with E-state index in [0.717, 1.165) is 24.0 Å². The van der Waals surface area contributed by atoms with Crippen LogP contribution in [0.2, 0.25) is 0 Å². The number of halogens is 1. The zero-order valence-corrected chi connectivity index (χ0v) is 11.4. The molecular formula is C15H18FNO3. The van der Waals surface area contributed by atoms with E-state index in [9.17, 15) is 9.18 Å². The maximum absolute atomic E-state index is 13.7. The largest absolute Gasteiger partial charge is 0.480 e. The van der Waals surface area contributed by atoms with Crippen molar-refractivity contribution in [2.24, 2.45) is 0 Å². The van der Waals surface area contributed by atoms with Crippen LogP contribution in [0, 0.1) is 5.82 Å². The highest BCUT2D eigenvalue weighted by Crippen LogP contribution is 2.41. The van der Waals surface area contributed by atoms with Crippen molar-refractivity contribution in [2.45, 2.75) is 31.4 Å². The molecule has 108 valence electrons. The van der Waals surface area contributed by atoms with Gasteiger partial charge in [-0.3, -0.25) is 4.90 Å². The number of benzene rings is 1. The maximum atomic E-state index is 13.7. The third-order valence-corrected chi connectivity index (χ3v) is 4.24. The fourth-order valence-electron chi connectivity index (χ4n) is 3.33. The monoisotopic (exact) mass is 279 g/mol. The Kier molecular flexibility index (Phi) is 3.26. The van der Waals surface area contributed by atoms with Crippen molar-refractivity contribution >= 4 is 5.97 Å². The molecule has 20 heavy (non-hydrogen) atoms. The molecule has 1 unspecified atom stereocenters. The number of ether oxygens (including phenoxy) is 1. The van der Waals surface area contributed by atoms with Crippen LogP contribution >= 0.6 is 0 Å². The van der Waals surface area contributed by atoms with Crippen LogP contribution < -0.4 is 0 Å². The molecule has 0 amide bonds. The summed E-state index contributed by atoms with van der Waals surface area (Å²) in [5.74, 6) is -1.06. The van der Waals surface area contributed by atoms with Crippen LogP contribution in [0.5, 0.6) is 0 Å². The van der Waals surface area contributed by atoms with Crippen molar-refractivity contribution in [1.82, 2.24) is 4.90 Å². The van der Waals surface area contributed by atoms with Crippen LogP contribution in [0.3, 0.4) is 0 Å². The van der Waals surface area contributed by atoms with E-state index in [1.807, 2.05) is 13.0 Å². The first-order valence-corrected chi connectivity index (χ1v) is 6.86. The Morgan fingerprint density at radius 2 is 2.30 bits per heavy atom. The maximum Gasteiger partial charge on any atom is 0.329 e. The predicted molar refractivity (Wildman–Crippen MR) is 71.0 cm³/mol. The van der Waals surface area contributed by atoms with Crippen molar-refractivity contribution in [3.05, 3.63) is 35.1 Å². The highest BCUT2D eigenvalue weighted by atomic mass is 19.1. The molecule has 1 fully saturated rings. The predicted octanol–water partition coefficient (Wildman–Crippen LogP) is 1.99. The van der Waals surface area contributed by atoms with E-state index in [0.29, 0.717) is 13.1 Å². The van der Waals surface area contributed by atoms with Crippen LogP contribution in [0.1, 0.15) is 30.5 Å². The average Bonchev–Trinajstić information content (AvgIpc) is 2.78. The Hall–Kier alpha value is -1.46. The minimum Gasteiger partial charge on any atom is -0.480 e. The van der Waals surface area contributed by atoms with Crippen molar-refractivity contribution in [3.63, 3.8) is 0 Å². The molecule has 0 spiro atoms. The van der Waals surface area contributed by atoms with Crippen molar-refractivity contribution in [3.8, 4) is 0 Å². The summed E-state index contributed by atoms with van der Waals surface area (Å²) in [4.78, 5) is 12.8. The molecule has 0 radical (unpaired) electrons. The lowest BCUT2D eigenvalue weighted by atomic mass is 9.92. The van der Waals surface area contributed by atoms with Gasteiger partial charge in [-0.25, -0.2) is 9.18 Å². The lowest BCUT2D eigenvalue weighted by Crippen LogP contribution is -2.62. The van der Waals surface area contributed by atoms with Gasteiger partial charge in [-0.15, -0.1) is 0 Å². The Balaban J connectivity index is 1.65. The van der Waals surface area contributed by atoms with Gasteiger partial charge in [-0.05, 0) is 37.0 Å². The summed E-state index contributed by atoms with van der Waals surface area (Å²) >= 11 is 0. The second-order valence-corrected chi connectivity index (χ2v) is 5.90. The van der Waals surface area contributed by atoms with Gasteiger partial charge < -0.3 is 9.84 Å². The first kappa shape index (κ1) is 13.5. The van der Waals surface area contributed by atoms with Crippen LogP contribution in [0.4, 0.5) is 4.39 Å². The van der Waals surface area contributed by atoms with Crippen molar-refractivity contribution in [1.29, 1.82) is 0 Å². The van der Waals surface area contributed by atoms with E-state index in [4.69, 9.17) is 9.84 Å². The SMILES string of the molecule is CC1(OCC(=O)O)CN(C2CCc3c(F)cccc32)C1. The molecule has 1 saturated heterocycles. The molecule has 0 bridgehead atoms. The van der Waals surface area contributed by atoms with Gasteiger partial charge in [0.15, 0.2) is 0 Å². The summed E-state index contributed by atoms with van der Waals surface area (Å²) in [7, 11) is 0. The van der Waals surface area contributed by atoms with Crippen molar-refractivity contribution in [2.75, 3.05) is 19.7 Å². The third kappa shape index (κ3) is 2.31. The molecule has 0 saturated carbocycles. The molecule has 1 atom stereocenters. The number of carboxylic acid groups (broad SMARTS) is 1. The van der Waals surface area contributed by atoms with Gasteiger partial charge >= 0.3 is 5.97 Å². The third-order valence-electron chi connectivity index (χ3n) is 4.24. The van der Waals surface area contributed by atoms with Crippen LogP contribution in [0.15, 0.2) is 18.2 Å². The summed E-state index contributed by atoms with van der Waals surface area (Å²) in [6.45, 7) is 3.05. The van der Waals surface area contributed by atoms with E-state index >= 15 is 0 Å². The summed E-state index contributed by atoms with van der Waals surface area (Å²) in [5.41, 5.74) is 1.51. The van der Waals surface area contributed by atoms with Gasteiger partial charge in [-0.2, -0.15) is 0 Å². The number of likely N-dealkylation sites (tertiary alicyclic amines) is 1. The second kappa shape index (κ2) is 4.82. The van der Waals surface area contributed by atoms with E-state index < -0.39 is 11.6 Å². The summed E-state index contributed by atoms with van der Waals surface area (Å²) < 4.78 is 19.1. The topological polar surface area (TPSA) is 49.8 Å². The second-order valence-electron chi connectivity index (χ2n) is 5.90. The first-order valence-electron chi connectivity index (χ1n) is 6.86. The molecule has 3 rings (SSSR count). The molecular weight excluding hydrogens is 261 g/mol. The zero-order valence-electron chi connectivity index (χ0n) is 11.4. The van der Waals surface area contributed by atoms with E-state index in [-0.39, 0.29) is 18.5 Å². The molecule has 1 N–H and O–H groups in total. The smallest absolute Gasteiger partial charge is 0.329 e. The van der Waals surface area contributed by atoms with Gasteiger partial charge in [0.1, 0.15) is 12.4 Å². The quantitative estimate of drug-likeness (QED) is 0.915. The van der Waals surface area contributed by atoms with Crippen LogP contribution in [-0.4, -0.2) is 41.3 Å². The molecule has 1 aliphatic carbocycles. The highest BCUT2D eigenvalue weighted by molar-refractivity contribution is 5.68. The number of hydrogen-bond donors (Lipinski definition) is 1. The Bertz CT molecular complexity index is 540. The zero-order chi connectivity index (χ0) is 14.3. The standard InChI is InChI=1S/C15H18FNO3/c1-15(20-7-14(18)19)8-17(9-15)13-6-5-10-11(13)3-2-4-12(10)16/h2-4,13H,5-9H2,1H3,(H,18,19). The molecule has 0 aromatic heterocycles. The number of aliphatic carboxylic acids is 1. The number of hydrogen-bond acceptors (Lipinski definition) is 3. The lowest BCUT2D eigenvalue weighted by molar-refractivity contribution is -0.169. The fourth-order valence-corrected chi connectivity index (χ4v) is 3.33. The van der Waals surface area contributed by atoms with Gasteiger partial charge in [0.05, 0.1) is 5.60 Å². The molecule has 1 aromatic carbocycles. The Labute approximate surface area is 117 Å². The van der Waals surface area contributed by atoms with Gasteiger partial charge in [-0.1, -0.05) is 12.1 Å². The van der Waals surface area contributed by atoms with Crippen molar-refractivity contribution < 1.29 is 19.0 Å². The molecule has 4 nitrogen and oxygen atoms in total. The molecule has 1 aliphatic heterocycles.